The molecule has 0 aliphatic carbocycles. The maximum Gasteiger partial charge on any atom is 0.234 e. The summed E-state index contributed by atoms with van der Waals surface area (Å²) >= 11 is 0. The Labute approximate surface area is 103 Å². The summed E-state index contributed by atoms with van der Waals surface area (Å²) in [6.45, 7) is 8.11. The quantitative estimate of drug-likeness (QED) is 0.820. The molecule has 2 unspecified atom stereocenters. The van der Waals surface area contributed by atoms with Gasteiger partial charge < -0.3 is 5.73 Å². The molecule has 94 valence electrons. The van der Waals surface area contributed by atoms with Gasteiger partial charge in [-0.3, -0.25) is 10.1 Å². The monoisotopic (exact) mass is 234 g/mol. The molecule has 1 aromatic carbocycles. The summed E-state index contributed by atoms with van der Waals surface area (Å²) < 4.78 is 0. The van der Waals surface area contributed by atoms with E-state index in [2.05, 4.69) is 31.3 Å². The number of primary amides is 1. The van der Waals surface area contributed by atoms with Gasteiger partial charge in [0, 0.05) is 6.04 Å². The number of carbonyl (C=O) groups is 1. The number of nitrogens with two attached hydrogens (primary N) is 1. The summed E-state index contributed by atoms with van der Waals surface area (Å²) in [4.78, 5) is 11.4. The molecule has 3 N–H and O–H groups in total. The van der Waals surface area contributed by atoms with E-state index in [1.165, 1.54) is 11.1 Å². The molecule has 17 heavy (non-hydrogen) atoms. The van der Waals surface area contributed by atoms with Gasteiger partial charge in [0.25, 0.3) is 0 Å². The van der Waals surface area contributed by atoms with Crippen LogP contribution in [-0.4, -0.2) is 11.9 Å². The molecule has 0 bridgehead atoms. The van der Waals surface area contributed by atoms with Crippen molar-refractivity contribution < 1.29 is 4.79 Å². The van der Waals surface area contributed by atoms with Gasteiger partial charge in [0.2, 0.25) is 5.91 Å². The van der Waals surface area contributed by atoms with Crippen molar-refractivity contribution in [3.05, 3.63) is 35.4 Å². The minimum atomic E-state index is -0.291. The molecule has 0 fully saturated rings. The number of amides is 1. The Kier molecular flexibility index (Phi) is 4.70. The molecule has 0 heterocycles. The fourth-order valence-electron chi connectivity index (χ4n) is 2.03. The number of nitrogens with one attached hydrogen (secondary N) is 1. The Bertz CT molecular complexity index is 388. The molecule has 2 atom stereocenters. The SMILES string of the molecule is Cc1ccccc1C(C)NC(C(N)=O)C(C)C. The van der Waals surface area contributed by atoms with Crippen molar-refractivity contribution in [3.8, 4) is 0 Å². The van der Waals surface area contributed by atoms with Gasteiger partial charge in [-0.15, -0.1) is 0 Å². The van der Waals surface area contributed by atoms with Crippen molar-refractivity contribution in [1.29, 1.82) is 0 Å². The highest BCUT2D eigenvalue weighted by Crippen LogP contribution is 2.18. The largest absolute Gasteiger partial charge is 0.368 e. The van der Waals surface area contributed by atoms with Crippen LogP contribution in [0.3, 0.4) is 0 Å². The zero-order chi connectivity index (χ0) is 13.0. The van der Waals surface area contributed by atoms with Gasteiger partial charge in [0.1, 0.15) is 0 Å². The third kappa shape index (κ3) is 3.56. The smallest absolute Gasteiger partial charge is 0.234 e. The van der Waals surface area contributed by atoms with Crippen LogP contribution in [0.4, 0.5) is 0 Å². The third-order valence-electron chi connectivity index (χ3n) is 3.06. The highest BCUT2D eigenvalue weighted by molar-refractivity contribution is 5.80. The Hall–Kier alpha value is -1.35. The fraction of sp³-hybridized carbons (Fsp3) is 0.500. The molecular weight excluding hydrogens is 212 g/mol. The molecule has 0 aliphatic rings. The molecule has 0 spiro atoms. The normalized spacial score (nSPS) is 14.6. The van der Waals surface area contributed by atoms with Crippen LogP contribution in [0.1, 0.15) is 37.9 Å². The van der Waals surface area contributed by atoms with Crippen molar-refractivity contribution in [1.82, 2.24) is 5.32 Å². The van der Waals surface area contributed by atoms with Gasteiger partial charge in [-0.25, -0.2) is 0 Å². The van der Waals surface area contributed by atoms with Gasteiger partial charge >= 0.3 is 0 Å². The first-order chi connectivity index (χ1) is 7.93. The number of aryl methyl sites for hydroxylation is 1. The van der Waals surface area contributed by atoms with E-state index in [0.717, 1.165) is 0 Å². The second kappa shape index (κ2) is 5.82. The first kappa shape index (κ1) is 13.7. The predicted molar refractivity (Wildman–Crippen MR) is 70.6 cm³/mol. The van der Waals surface area contributed by atoms with Crippen LogP contribution in [0.25, 0.3) is 0 Å². The topological polar surface area (TPSA) is 55.1 Å². The van der Waals surface area contributed by atoms with Crippen molar-refractivity contribution in [2.24, 2.45) is 11.7 Å². The first-order valence-corrected chi connectivity index (χ1v) is 6.04. The van der Waals surface area contributed by atoms with E-state index in [0.29, 0.717) is 0 Å². The number of hydrogen-bond donors (Lipinski definition) is 2. The van der Waals surface area contributed by atoms with E-state index in [9.17, 15) is 4.79 Å². The molecule has 0 aliphatic heterocycles. The molecule has 3 nitrogen and oxygen atoms in total. The summed E-state index contributed by atoms with van der Waals surface area (Å²) in [6.07, 6.45) is 0. The van der Waals surface area contributed by atoms with Crippen LogP contribution >= 0.6 is 0 Å². The summed E-state index contributed by atoms with van der Waals surface area (Å²) in [5.41, 5.74) is 7.83. The third-order valence-corrected chi connectivity index (χ3v) is 3.06. The number of carbonyl (C=O) groups excluding carboxylic acids is 1. The van der Waals surface area contributed by atoms with Gasteiger partial charge in [0.05, 0.1) is 6.04 Å². The lowest BCUT2D eigenvalue weighted by Crippen LogP contribution is -2.46. The molecule has 1 amide bonds. The molecule has 0 aromatic heterocycles. The summed E-state index contributed by atoms with van der Waals surface area (Å²) in [6, 6.07) is 8.00. The van der Waals surface area contributed by atoms with Crippen molar-refractivity contribution in [2.75, 3.05) is 0 Å². The molecule has 0 radical (unpaired) electrons. The highest BCUT2D eigenvalue weighted by atomic mass is 16.1. The second-order valence-electron chi connectivity index (χ2n) is 4.87. The molecule has 1 aromatic rings. The standard InChI is InChI=1S/C14H22N2O/c1-9(2)13(14(15)17)16-11(4)12-8-6-5-7-10(12)3/h5-9,11,13,16H,1-4H3,(H2,15,17). The lowest BCUT2D eigenvalue weighted by atomic mass is 9.98. The first-order valence-electron chi connectivity index (χ1n) is 6.04. The summed E-state index contributed by atoms with van der Waals surface area (Å²) in [5.74, 6) is -0.0978. The average Bonchev–Trinajstić information content (AvgIpc) is 2.25. The van der Waals surface area contributed by atoms with Gasteiger partial charge in [-0.05, 0) is 30.9 Å². The zero-order valence-electron chi connectivity index (χ0n) is 11.0. The van der Waals surface area contributed by atoms with Gasteiger partial charge in [-0.2, -0.15) is 0 Å². The highest BCUT2D eigenvalue weighted by Gasteiger charge is 2.22. The molecule has 0 saturated carbocycles. The minimum absolute atomic E-state index is 0.121. The molecular formula is C14H22N2O. The molecule has 1 rings (SSSR count). The van der Waals surface area contributed by atoms with E-state index < -0.39 is 0 Å². The summed E-state index contributed by atoms with van der Waals surface area (Å²) in [7, 11) is 0. The minimum Gasteiger partial charge on any atom is -0.368 e. The Morgan fingerprint density at radius 2 is 1.82 bits per heavy atom. The summed E-state index contributed by atoms with van der Waals surface area (Å²) in [5, 5.41) is 3.30. The van der Waals surface area contributed by atoms with E-state index in [1.807, 2.05) is 26.0 Å². The van der Waals surface area contributed by atoms with Crippen LogP contribution in [0.2, 0.25) is 0 Å². The Morgan fingerprint density at radius 1 is 1.24 bits per heavy atom. The Balaban J connectivity index is 2.81. The van der Waals surface area contributed by atoms with Crippen LogP contribution in [-0.2, 0) is 4.79 Å². The number of hydrogen-bond acceptors (Lipinski definition) is 2. The van der Waals surface area contributed by atoms with Crippen molar-refractivity contribution in [2.45, 2.75) is 39.8 Å². The predicted octanol–water partition coefficient (Wildman–Crippen LogP) is 2.16. The average molecular weight is 234 g/mol. The fourth-order valence-corrected chi connectivity index (χ4v) is 2.03. The zero-order valence-corrected chi connectivity index (χ0v) is 11.0. The van der Waals surface area contributed by atoms with Crippen molar-refractivity contribution >= 4 is 5.91 Å². The van der Waals surface area contributed by atoms with E-state index in [1.54, 1.807) is 0 Å². The lowest BCUT2D eigenvalue weighted by Gasteiger charge is -2.25. The van der Waals surface area contributed by atoms with Crippen LogP contribution in [0.5, 0.6) is 0 Å². The Morgan fingerprint density at radius 3 is 2.29 bits per heavy atom. The van der Waals surface area contributed by atoms with E-state index in [-0.39, 0.29) is 23.9 Å². The lowest BCUT2D eigenvalue weighted by molar-refractivity contribution is -0.121. The second-order valence-corrected chi connectivity index (χ2v) is 4.87. The molecule has 0 saturated heterocycles. The van der Waals surface area contributed by atoms with Crippen molar-refractivity contribution in [3.63, 3.8) is 0 Å². The van der Waals surface area contributed by atoms with Crippen LogP contribution < -0.4 is 11.1 Å². The van der Waals surface area contributed by atoms with Gasteiger partial charge in [-0.1, -0.05) is 38.1 Å². The maximum absolute atomic E-state index is 11.4. The maximum atomic E-state index is 11.4. The van der Waals surface area contributed by atoms with Gasteiger partial charge in [0.15, 0.2) is 0 Å². The van der Waals surface area contributed by atoms with Crippen LogP contribution in [0.15, 0.2) is 24.3 Å². The van der Waals surface area contributed by atoms with Crippen LogP contribution in [0, 0.1) is 12.8 Å². The number of rotatable bonds is 5. The van der Waals surface area contributed by atoms with E-state index >= 15 is 0 Å². The van der Waals surface area contributed by atoms with E-state index in [4.69, 9.17) is 5.73 Å². The number of benzene rings is 1. The molecule has 3 heteroatoms.